The summed E-state index contributed by atoms with van der Waals surface area (Å²) >= 11 is 0. The highest BCUT2D eigenvalue weighted by Gasteiger charge is 2.72. The summed E-state index contributed by atoms with van der Waals surface area (Å²) < 4.78 is 39.4. The van der Waals surface area contributed by atoms with Gasteiger partial charge in [0.05, 0.1) is 30.3 Å². The Bertz CT molecular complexity index is 1660. The molecule has 286 valence electrons. The first-order valence-corrected chi connectivity index (χ1v) is 17.6. The number of rotatable bonds is 9. The molecule has 14 heteroatoms. The highest BCUT2D eigenvalue weighted by atomic mass is 16.7. The van der Waals surface area contributed by atoms with Gasteiger partial charge in [-0.1, -0.05) is 6.07 Å². The van der Waals surface area contributed by atoms with Crippen LogP contribution in [-0.4, -0.2) is 94.3 Å². The summed E-state index contributed by atoms with van der Waals surface area (Å²) in [5.41, 5.74) is -3.23. The summed E-state index contributed by atoms with van der Waals surface area (Å²) in [5, 5.41) is 12.5. The predicted octanol–water partition coefficient (Wildman–Crippen LogP) is 4.59. The van der Waals surface area contributed by atoms with Crippen molar-refractivity contribution in [2.45, 2.75) is 147 Å². The van der Waals surface area contributed by atoms with Crippen molar-refractivity contribution in [1.29, 1.82) is 0 Å². The monoisotopic (exact) mass is 729 g/mol. The minimum atomic E-state index is -1.59. The van der Waals surface area contributed by atoms with Crippen molar-refractivity contribution in [2.75, 3.05) is 13.6 Å². The second-order valence-electron chi connectivity index (χ2n) is 16.9. The summed E-state index contributed by atoms with van der Waals surface area (Å²) in [6.45, 7) is 15.7. The van der Waals surface area contributed by atoms with Crippen LogP contribution in [0.4, 0.5) is 4.79 Å². The maximum absolute atomic E-state index is 13.3. The quantitative estimate of drug-likeness (QED) is 0.212. The van der Waals surface area contributed by atoms with Gasteiger partial charge in [0.1, 0.15) is 22.6 Å². The molecule has 0 radical (unpaired) electrons. The molecular weight excluding hydrogens is 678 g/mol. The van der Waals surface area contributed by atoms with E-state index in [2.05, 4.69) is 4.90 Å². The van der Waals surface area contributed by atoms with Gasteiger partial charge in [-0.3, -0.25) is 14.4 Å². The summed E-state index contributed by atoms with van der Waals surface area (Å²) in [5.74, 6) is -2.84. The highest BCUT2D eigenvalue weighted by molar-refractivity contribution is 5.86. The van der Waals surface area contributed by atoms with Crippen molar-refractivity contribution in [2.24, 2.45) is 0 Å². The zero-order valence-electron chi connectivity index (χ0n) is 31.7. The molecule has 0 saturated carbocycles. The van der Waals surface area contributed by atoms with Crippen LogP contribution in [0.25, 0.3) is 0 Å². The molecule has 5 atom stereocenters. The van der Waals surface area contributed by atoms with E-state index < -0.39 is 89.3 Å². The third-order valence-corrected chi connectivity index (χ3v) is 9.40. The zero-order valence-corrected chi connectivity index (χ0v) is 31.7. The van der Waals surface area contributed by atoms with Crippen LogP contribution >= 0.6 is 0 Å². The Morgan fingerprint density at radius 2 is 1.52 bits per heavy atom. The van der Waals surface area contributed by atoms with E-state index in [1.807, 2.05) is 13.1 Å². The van der Waals surface area contributed by atoms with Gasteiger partial charge < -0.3 is 43.2 Å². The van der Waals surface area contributed by atoms with Gasteiger partial charge in [0.2, 0.25) is 6.10 Å². The third-order valence-electron chi connectivity index (χ3n) is 9.40. The fraction of sp³-hybridized carbons (Fsp3) is 0.658. The van der Waals surface area contributed by atoms with Crippen molar-refractivity contribution < 1.29 is 62.2 Å². The number of benzene rings is 1. The van der Waals surface area contributed by atoms with Crippen molar-refractivity contribution in [3.05, 3.63) is 35.1 Å². The number of likely N-dealkylation sites (N-methyl/N-ethyl adjacent to an activating group) is 1. The minimum absolute atomic E-state index is 0.121. The first-order chi connectivity index (χ1) is 23.9. The van der Waals surface area contributed by atoms with Crippen LogP contribution in [0.15, 0.2) is 24.0 Å². The highest BCUT2D eigenvalue weighted by Crippen LogP contribution is 2.65. The lowest BCUT2D eigenvalue weighted by molar-refractivity contribution is -0.181. The molecular formula is C38H51NO13. The van der Waals surface area contributed by atoms with Crippen molar-refractivity contribution in [1.82, 2.24) is 4.90 Å². The normalized spacial score (nSPS) is 25.4. The fourth-order valence-electron chi connectivity index (χ4n) is 7.55. The number of aliphatic hydroxyl groups is 1. The number of piperidine rings is 1. The molecule has 1 aromatic rings. The molecule has 2 aliphatic carbocycles. The van der Waals surface area contributed by atoms with Gasteiger partial charge in [0, 0.05) is 18.0 Å². The Balaban J connectivity index is 1.32. The van der Waals surface area contributed by atoms with Crippen molar-refractivity contribution in [3.8, 4) is 11.5 Å². The van der Waals surface area contributed by atoms with Crippen LogP contribution in [0.2, 0.25) is 0 Å². The number of ether oxygens (including phenoxy) is 7. The largest absolute Gasteiger partial charge is 0.514 e. The smallest absolute Gasteiger partial charge is 0.477 e. The van der Waals surface area contributed by atoms with Crippen molar-refractivity contribution in [3.63, 3.8) is 0 Å². The van der Waals surface area contributed by atoms with Gasteiger partial charge in [-0.05, 0) is 106 Å². The van der Waals surface area contributed by atoms with E-state index in [9.17, 15) is 29.1 Å². The SMILES string of the molecule is CN1CC[C@]23c4c5ccc(OC(=O)OC(C)(C)C)c4O[C@H]2C(OC(=O)CCC(=O)OC(CC(=O)OC(C)(C)C)C(=O)OC(C)(C)C)=CC[C@@]3(O)[C@H]1C5. The van der Waals surface area contributed by atoms with E-state index in [4.69, 9.17) is 33.2 Å². The second-order valence-corrected chi connectivity index (χ2v) is 16.9. The molecule has 4 aliphatic rings. The van der Waals surface area contributed by atoms with E-state index in [1.54, 1.807) is 74.5 Å². The number of hydrogen-bond donors (Lipinski definition) is 1. The van der Waals surface area contributed by atoms with E-state index in [-0.39, 0.29) is 29.7 Å². The Labute approximate surface area is 304 Å². The molecule has 52 heavy (non-hydrogen) atoms. The summed E-state index contributed by atoms with van der Waals surface area (Å²) in [4.78, 5) is 66.4. The first-order valence-electron chi connectivity index (χ1n) is 17.6. The van der Waals surface area contributed by atoms with Crippen LogP contribution < -0.4 is 9.47 Å². The summed E-state index contributed by atoms with van der Waals surface area (Å²) in [6, 6.07) is 3.24. The second kappa shape index (κ2) is 13.7. The van der Waals surface area contributed by atoms with Crippen LogP contribution in [0, 0.1) is 0 Å². The van der Waals surface area contributed by atoms with Gasteiger partial charge >= 0.3 is 30.0 Å². The van der Waals surface area contributed by atoms with E-state index in [0.717, 1.165) is 5.56 Å². The van der Waals surface area contributed by atoms with Crippen molar-refractivity contribution >= 4 is 30.0 Å². The van der Waals surface area contributed by atoms with E-state index in [1.165, 1.54) is 0 Å². The number of esters is 4. The van der Waals surface area contributed by atoms with Gasteiger partial charge in [0.25, 0.3) is 0 Å². The van der Waals surface area contributed by atoms with Gasteiger partial charge in [-0.25, -0.2) is 9.59 Å². The topological polar surface area (TPSA) is 173 Å². The number of likely N-dealkylation sites (tertiary alicyclic amines) is 1. The Kier molecular flexibility index (Phi) is 10.3. The zero-order chi connectivity index (χ0) is 38.6. The van der Waals surface area contributed by atoms with Gasteiger partial charge in [-0.15, -0.1) is 0 Å². The third kappa shape index (κ3) is 7.92. The Morgan fingerprint density at radius 3 is 2.15 bits per heavy atom. The molecule has 14 nitrogen and oxygen atoms in total. The number of nitrogens with zero attached hydrogens (tertiary/aromatic N) is 1. The molecule has 1 N–H and O–H groups in total. The van der Waals surface area contributed by atoms with Crippen LogP contribution in [-0.2, 0) is 54.7 Å². The maximum Gasteiger partial charge on any atom is 0.514 e. The molecule has 5 rings (SSSR count). The standard InChI is InChI=1S/C38H51NO13/c1-34(2,3)50-28(42)20-24(32(43)51-35(4,5)6)47-27(41)14-13-26(40)46-23-15-16-38(45)25-19-21-11-12-22(48-33(44)52-36(7,8)9)30-29(21)37(38,31(23)49-30)17-18-39(25)10/h11-12,15,24-25,31,45H,13-14,16-20H2,1-10H3/t24?,25-,31+,37+,38-/m1/s1. The molecule has 1 saturated heterocycles. The molecule has 1 unspecified atom stereocenters. The fourth-order valence-corrected chi connectivity index (χ4v) is 7.55. The Hall–Kier alpha value is -4.17. The molecule has 0 amide bonds. The van der Waals surface area contributed by atoms with Crippen LogP contribution in [0.3, 0.4) is 0 Å². The molecule has 2 heterocycles. The number of hydrogen-bond acceptors (Lipinski definition) is 14. The van der Waals surface area contributed by atoms with Gasteiger partial charge in [-0.2, -0.15) is 0 Å². The lowest BCUT2D eigenvalue weighted by Gasteiger charge is -2.61. The molecule has 1 fully saturated rings. The lowest BCUT2D eigenvalue weighted by atomic mass is 9.50. The number of carbonyl (C=O) groups is 5. The van der Waals surface area contributed by atoms with E-state index >= 15 is 0 Å². The lowest BCUT2D eigenvalue weighted by Crippen LogP contribution is -2.74. The maximum atomic E-state index is 13.3. The molecule has 2 aliphatic heterocycles. The first kappa shape index (κ1) is 39.0. The Morgan fingerprint density at radius 1 is 0.885 bits per heavy atom. The number of carbonyl (C=O) groups excluding carboxylic acids is 5. The summed E-state index contributed by atoms with van der Waals surface area (Å²) in [6.07, 6.45) is -2.13. The predicted molar refractivity (Wildman–Crippen MR) is 183 cm³/mol. The molecule has 0 aromatic heterocycles. The molecule has 1 aromatic carbocycles. The minimum Gasteiger partial charge on any atom is -0.477 e. The molecule has 2 bridgehead atoms. The van der Waals surface area contributed by atoms with Crippen LogP contribution in [0.5, 0.6) is 11.5 Å². The molecule has 1 spiro atoms. The summed E-state index contributed by atoms with van der Waals surface area (Å²) in [7, 11) is 1.96. The van der Waals surface area contributed by atoms with E-state index in [0.29, 0.717) is 24.9 Å². The average molecular weight is 730 g/mol. The van der Waals surface area contributed by atoms with Crippen LogP contribution in [0.1, 0.15) is 106 Å². The van der Waals surface area contributed by atoms with Gasteiger partial charge in [0.15, 0.2) is 17.6 Å². The average Bonchev–Trinajstić information content (AvgIpc) is 3.33.